The molecule has 204 valence electrons. The molecule has 0 radical (unpaired) electrons. The van der Waals surface area contributed by atoms with Crippen molar-refractivity contribution in [2.45, 2.75) is 71.0 Å². The van der Waals surface area contributed by atoms with Gasteiger partial charge >= 0.3 is 12.1 Å². The molecule has 2 aromatic rings. The zero-order valence-corrected chi connectivity index (χ0v) is 23.3. The predicted molar refractivity (Wildman–Crippen MR) is 142 cm³/mol. The van der Waals surface area contributed by atoms with Crippen molar-refractivity contribution < 1.29 is 22.7 Å². The molecule has 4 nitrogen and oxygen atoms in total. The molecule has 1 aliphatic rings. The lowest BCUT2D eigenvalue weighted by Gasteiger charge is -2.33. The number of hydrogen-bond donors (Lipinski definition) is 0. The number of rotatable bonds is 7. The van der Waals surface area contributed by atoms with E-state index in [-0.39, 0.29) is 11.4 Å². The molecule has 0 aliphatic carbocycles. The SMILES string of the molecule is COC(=O)c1ccc(CCC(C)(C)c2ccc(CN3CCN(C)CC3)c(C(F)(F)F)c2)c(C(C)(C)C)c1. The van der Waals surface area contributed by atoms with Crippen LogP contribution in [-0.4, -0.2) is 56.1 Å². The Balaban J connectivity index is 1.85. The van der Waals surface area contributed by atoms with E-state index in [0.717, 1.165) is 37.3 Å². The molecule has 1 aliphatic heterocycles. The van der Waals surface area contributed by atoms with Crippen LogP contribution in [0.15, 0.2) is 36.4 Å². The fourth-order valence-corrected chi connectivity index (χ4v) is 4.98. The van der Waals surface area contributed by atoms with Crippen LogP contribution >= 0.6 is 0 Å². The average molecular weight is 519 g/mol. The zero-order chi connectivity index (χ0) is 27.6. The first-order valence-electron chi connectivity index (χ1n) is 12.9. The molecule has 0 spiro atoms. The van der Waals surface area contributed by atoms with Crippen molar-refractivity contribution in [3.05, 3.63) is 69.8 Å². The van der Waals surface area contributed by atoms with Crippen LogP contribution in [0.25, 0.3) is 0 Å². The van der Waals surface area contributed by atoms with Crippen LogP contribution in [0, 0.1) is 0 Å². The summed E-state index contributed by atoms with van der Waals surface area (Å²) in [6, 6.07) is 10.5. The van der Waals surface area contributed by atoms with Gasteiger partial charge < -0.3 is 9.64 Å². The number of aryl methyl sites for hydroxylation is 1. The van der Waals surface area contributed by atoms with Crippen molar-refractivity contribution in [3.63, 3.8) is 0 Å². The van der Waals surface area contributed by atoms with Crippen LogP contribution in [0.2, 0.25) is 0 Å². The summed E-state index contributed by atoms with van der Waals surface area (Å²) in [6.45, 7) is 13.9. The molecule has 0 N–H and O–H groups in total. The van der Waals surface area contributed by atoms with Gasteiger partial charge in [-0.25, -0.2) is 4.79 Å². The molecule has 0 saturated carbocycles. The highest BCUT2D eigenvalue weighted by Gasteiger charge is 2.35. The van der Waals surface area contributed by atoms with Crippen LogP contribution in [0.1, 0.15) is 79.2 Å². The number of ether oxygens (including phenoxy) is 1. The number of nitrogens with zero attached hydrogens (tertiary/aromatic N) is 2. The Labute approximate surface area is 219 Å². The van der Waals surface area contributed by atoms with Crippen LogP contribution in [0.4, 0.5) is 13.2 Å². The molecule has 7 heteroatoms. The van der Waals surface area contributed by atoms with E-state index in [4.69, 9.17) is 4.74 Å². The van der Waals surface area contributed by atoms with E-state index in [9.17, 15) is 18.0 Å². The standard InChI is InChI=1S/C30H41F3N2O2/c1-28(2,3)25-18-22(27(36)37-7)9-8-21(25)12-13-29(4,5)24-11-10-23(26(19-24)30(31,32)33)20-35-16-14-34(6)15-17-35/h8-11,18-19H,12-17,20H2,1-7H3. The fraction of sp³-hybridized carbons (Fsp3) is 0.567. The van der Waals surface area contributed by atoms with Crippen molar-refractivity contribution in [2.75, 3.05) is 40.3 Å². The minimum Gasteiger partial charge on any atom is -0.465 e. The lowest BCUT2D eigenvalue weighted by atomic mass is 9.76. The Morgan fingerprint density at radius 3 is 2.08 bits per heavy atom. The van der Waals surface area contributed by atoms with Gasteiger partial charge in [-0.1, -0.05) is 52.8 Å². The second-order valence-electron chi connectivity index (χ2n) is 11.9. The summed E-state index contributed by atoms with van der Waals surface area (Å²) >= 11 is 0. The first-order valence-corrected chi connectivity index (χ1v) is 12.9. The molecule has 1 heterocycles. The monoisotopic (exact) mass is 518 g/mol. The van der Waals surface area contributed by atoms with E-state index in [0.29, 0.717) is 36.1 Å². The average Bonchev–Trinajstić information content (AvgIpc) is 2.82. The molecule has 37 heavy (non-hydrogen) atoms. The molecule has 3 rings (SSSR count). The third-order valence-corrected chi connectivity index (χ3v) is 7.54. The van der Waals surface area contributed by atoms with Crippen molar-refractivity contribution in [3.8, 4) is 0 Å². The maximum absolute atomic E-state index is 14.1. The number of halogens is 3. The Hall–Kier alpha value is -2.38. The third kappa shape index (κ3) is 7.35. The van der Waals surface area contributed by atoms with Gasteiger partial charge in [0, 0.05) is 32.7 Å². The van der Waals surface area contributed by atoms with Crippen molar-refractivity contribution in [1.29, 1.82) is 0 Å². The summed E-state index contributed by atoms with van der Waals surface area (Å²) in [5.41, 5.74) is 2.47. The van der Waals surface area contributed by atoms with E-state index in [1.54, 1.807) is 12.1 Å². The molecule has 0 aromatic heterocycles. The largest absolute Gasteiger partial charge is 0.465 e. The van der Waals surface area contributed by atoms with E-state index in [2.05, 4.69) is 30.6 Å². The Morgan fingerprint density at radius 2 is 1.51 bits per heavy atom. The van der Waals surface area contributed by atoms with Gasteiger partial charge in [0.25, 0.3) is 0 Å². The molecular weight excluding hydrogens is 477 g/mol. The summed E-state index contributed by atoms with van der Waals surface area (Å²) in [7, 11) is 3.40. The van der Waals surface area contributed by atoms with Crippen molar-refractivity contribution in [1.82, 2.24) is 9.80 Å². The highest BCUT2D eigenvalue weighted by molar-refractivity contribution is 5.89. The maximum atomic E-state index is 14.1. The summed E-state index contributed by atoms with van der Waals surface area (Å²) < 4.78 is 47.3. The molecule has 0 amide bonds. The van der Waals surface area contributed by atoms with E-state index >= 15 is 0 Å². The van der Waals surface area contributed by atoms with Gasteiger partial charge in [-0.2, -0.15) is 13.2 Å². The Bertz CT molecular complexity index is 1090. The van der Waals surface area contributed by atoms with Crippen molar-refractivity contribution >= 4 is 5.97 Å². The van der Waals surface area contributed by atoms with E-state index in [1.807, 2.05) is 39.1 Å². The van der Waals surface area contributed by atoms with Crippen LogP contribution < -0.4 is 0 Å². The molecular formula is C30H41F3N2O2. The zero-order valence-electron chi connectivity index (χ0n) is 23.3. The lowest BCUT2D eigenvalue weighted by molar-refractivity contribution is -0.138. The quantitative estimate of drug-likeness (QED) is 0.395. The number of hydrogen-bond acceptors (Lipinski definition) is 4. The van der Waals surface area contributed by atoms with Gasteiger partial charge in [0.2, 0.25) is 0 Å². The normalized spacial score (nSPS) is 16.2. The van der Waals surface area contributed by atoms with Gasteiger partial charge in [-0.05, 0) is 71.2 Å². The molecule has 0 unspecified atom stereocenters. The Morgan fingerprint density at radius 1 is 0.892 bits per heavy atom. The van der Waals surface area contributed by atoms with Gasteiger partial charge in [0.15, 0.2) is 0 Å². The number of benzene rings is 2. The van der Waals surface area contributed by atoms with Gasteiger partial charge in [0.1, 0.15) is 0 Å². The van der Waals surface area contributed by atoms with E-state index in [1.165, 1.54) is 13.2 Å². The molecule has 0 bridgehead atoms. The number of carbonyl (C=O) groups excluding carboxylic acids is 1. The highest BCUT2D eigenvalue weighted by atomic mass is 19.4. The smallest absolute Gasteiger partial charge is 0.416 e. The fourth-order valence-electron chi connectivity index (χ4n) is 4.98. The van der Waals surface area contributed by atoms with Crippen LogP contribution in [0.3, 0.4) is 0 Å². The highest BCUT2D eigenvalue weighted by Crippen LogP contribution is 2.38. The topological polar surface area (TPSA) is 32.8 Å². The second kappa shape index (κ2) is 11.2. The van der Waals surface area contributed by atoms with Gasteiger partial charge in [0.05, 0.1) is 18.2 Å². The van der Waals surface area contributed by atoms with Crippen LogP contribution in [0.5, 0.6) is 0 Å². The predicted octanol–water partition coefficient (Wildman–Crippen LogP) is 6.45. The van der Waals surface area contributed by atoms with Crippen molar-refractivity contribution in [2.24, 2.45) is 0 Å². The number of likely N-dealkylation sites (N-methyl/N-ethyl adjacent to an activating group) is 1. The minimum atomic E-state index is -4.41. The van der Waals surface area contributed by atoms with Gasteiger partial charge in [-0.3, -0.25) is 4.90 Å². The summed E-state index contributed by atoms with van der Waals surface area (Å²) in [4.78, 5) is 16.4. The molecule has 1 fully saturated rings. The molecule has 2 aromatic carbocycles. The molecule has 1 saturated heterocycles. The number of alkyl halides is 3. The number of esters is 1. The lowest BCUT2D eigenvalue weighted by Crippen LogP contribution is -2.44. The Kier molecular flexibility index (Phi) is 8.80. The van der Waals surface area contributed by atoms with E-state index < -0.39 is 17.2 Å². The summed E-state index contributed by atoms with van der Waals surface area (Å²) in [6.07, 6.45) is -3.05. The van der Waals surface area contributed by atoms with Crippen LogP contribution in [-0.2, 0) is 34.7 Å². The van der Waals surface area contributed by atoms with Gasteiger partial charge in [-0.15, -0.1) is 0 Å². The first kappa shape index (κ1) is 29.2. The maximum Gasteiger partial charge on any atom is 0.416 e. The number of methoxy groups -OCH3 is 1. The number of piperazine rings is 1. The first-order chi connectivity index (χ1) is 17.1. The second-order valence-corrected chi connectivity index (χ2v) is 11.9. The molecule has 0 atom stereocenters. The summed E-state index contributed by atoms with van der Waals surface area (Å²) in [5, 5.41) is 0. The number of carbonyl (C=O) groups is 1. The summed E-state index contributed by atoms with van der Waals surface area (Å²) in [5.74, 6) is -0.381. The minimum absolute atomic E-state index is 0.197. The third-order valence-electron chi connectivity index (χ3n) is 7.54.